The fourth-order valence-corrected chi connectivity index (χ4v) is 7.04. The number of aromatic nitrogens is 2. The van der Waals surface area contributed by atoms with Crippen LogP contribution in [-0.2, 0) is 0 Å². The second kappa shape index (κ2) is 11.9. The molecule has 10 aromatic rings. The molecule has 0 atom stereocenters. The SMILES string of the molecule is c1ccc(-c2cccc(N(c3ccc(-c4ccc5ccccc5c4)cc3)c3cc4oc5cccc(-c6nc7ccccc7o6)c5c4cn3)c2)cc1. The van der Waals surface area contributed by atoms with Gasteiger partial charge in [-0.25, -0.2) is 9.97 Å². The van der Waals surface area contributed by atoms with Crippen LogP contribution < -0.4 is 4.90 Å². The second-order valence-electron chi connectivity index (χ2n) is 12.7. The van der Waals surface area contributed by atoms with E-state index in [1.165, 1.54) is 16.3 Å². The molecular formula is C46H29N3O2. The predicted molar refractivity (Wildman–Crippen MR) is 208 cm³/mol. The van der Waals surface area contributed by atoms with E-state index in [9.17, 15) is 0 Å². The van der Waals surface area contributed by atoms with Gasteiger partial charge in [-0.2, -0.15) is 0 Å². The normalized spacial score (nSPS) is 11.5. The third kappa shape index (κ3) is 5.11. The highest BCUT2D eigenvalue weighted by Gasteiger charge is 2.20. The van der Waals surface area contributed by atoms with Crippen molar-refractivity contribution in [3.05, 3.63) is 176 Å². The van der Waals surface area contributed by atoms with Crippen molar-refractivity contribution in [2.45, 2.75) is 0 Å². The van der Waals surface area contributed by atoms with Crippen molar-refractivity contribution in [1.29, 1.82) is 0 Å². The maximum atomic E-state index is 6.52. The van der Waals surface area contributed by atoms with Crippen molar-refractivity contribution in [3.8, 4) is 33.7 Å². The Kier molecular flexibility index (Phi) is 6.74. The molecule has 0 amide bonds. The van der Waals surface area contributed by atoms with E-state index < -0.39 is 0 Å². The molecular weight excluding hydrogens is 627 g/mol. The number of hydrogen-bond acceptors (Lipinski definition) is 5. The molecule has 10 rings (SSSR count). The van der Waals surface area contributed by atoms with E-state index in [1.54, 1.807) is 0 Å². The van der Waals surface area contributed by atoms with Crippen LogP contribution in [0.4, 0.5) is 17.2 Å². The van der Waals surface area contributed by atoms with Crippen LogP contribution in [0.1, 0.15) is 0 Å². The Hall–Kier alpha value is -6.98. The van der Waals surface area contributed by atoms with Gasteiger partial charge in [-0.3, -0.25) is 4.90 Å². The van der Waals surface area contributed by atoms with Crippen molar-refractivity contribution < 1.29 is 8.83 Å². The van der Waals surface area contributed by atoms with Gasteiger partial charge < -0.3 is 8.83 Å². The number of benzene rings is 7. The van der Waals surface area contributed by atoms with E-state index in [2.05, 4.69) is 120 Å². The number of fused-ring (bicyclic) bond motifs is 5. The van der Waals surface area contributed by atoms with Crippen molar-refractivity contribution in [2.75, 3.05) is 4.90 Å². The molecule has 0 spiro atoms. The number of hydrogen-bond donors (Lipinski definition) is 0. The van der Waals surface area contributed by atoms with Crippen LogP contribution >= 0.6 is 0 Å². The van der Waals surface area contributed by atoms with Gasteiger partial charge in [-0.15, -0.1) is 0 Å². The largest absolute Gasteiger partial charge is 0.456 e. The predicted octanol–water partition coefficient (Wildman–Crippen LogP) is 12.7. The van der Waals surface area contributed by atoms with Crippen LogP contribution in [0.5, 0.6) is 0 Å². The molecule has 3 aromatic heterocycles. The molecule has 51 heavy (non-hydrogen) atoms. The minimum atomic E-state index is 0.555. The second-order valence-corrected chi connectivity index (χ2v) is 12.7. The van der Waals surface area contributed by atoms with Crippen LogP contribution in [0, 0.1) is 0 Å². The Balaban J connectivity index is 1.10. The molecule has 240 valence electrons. The smallest absolute Gasteiger partial charge is 0.228 e. The van der Waals surface area contributed by atoms with Crippen LogP contribution in [-0.4, -0.2) is 9.97 Å². The number of oxazole rings is 1. The van der Waals surface area contributed by atoms with Gasteiger partial charge >= 0.3 is 0 Å². The van der Waals surface area contributed by atoms with Crippen molar-refractivity contribution in [2.24, 2.45) is 0 Å². The molecule has 0 aliphatic rings. The monoisotopic (exact) mass is 655 g/mol. The van der Waals surface area contributed by atoms with Crippen molar-refractivity contribution in [1.82, 2.24) is 9.97 Å². The molecule has 0 fully saturated rings. The summed E-state index contributed by atoms with van der Waals surface area (Å²) in [6.07, 6.45) is 1.90. The lowest BCUT2D eigenvalue weighted by Gasteiger charge is -2.25. The summed E-state index contributed by atoms with van der Waals surface area (Å²) >= 11 is 0. The van der Waals surface area contributed by atoms with Crippen LogP contribution in [0.15, 0.2) is 185 Å². The molecule has 3 heterocycles. The fraction of sp³-hybridized carbons (Fsp3) is 0. The van der Waals surface area contributed by atoms with Gasteiger partial charge in [0.05, 0.1) is 0 Å². The number of pyridine rings is 1. The summed E-state index contributed by atoms with van der Waals surface area (Å²) in [7, 11) is 0. The molecule has 0 aliphatic carbocycles. The Morgan fingerprint density at radius 3 is 2.04 bits per heavy atom. The zero-order valence-corrected chi connectivity index (χ0v) is 27.4. The van der Waals surface area contributed by atoms with E-state index in [-0.39, 0.29) is 0 Å². The molecule has 0 N–H and O–H groups in total. The van der Waals surface area contributed by atoms with Crippen molar-refractivity contribution >= 4 is 61.0 Å². The van der Waals surface area contributed by atoms with Gasteiger partial charge in [-0.05, 0) is 87.6 Å². The fourth-order valence-electron chi connectivity index (χ4n) is 7.04. The lowest BCUT2D eigenvalue weighted by atomic mass is 10.0. The highest BCUT2D eigenvalue weighted by molar-refractivity contribution is 6.12. The first-order chi connectivity index (χ1) is 25.2. The molecule has 5 nitrogen and oxygen atoms in total. The van der Waals surface area contributed by atoms with E-state index in [0.29, 0.717) is 5.89 Å². The Bertz CT molecular complexity index is 2840. The Morgan fingerprint density at radius 2 is 1.16 bits per heavy atom. The Labute approximate surface area is 293 Å². The van der Waals surface area contributed by atoms with Gasteiger partial charge in [0.2, 0.25) is 5.89 Å². The van der Waals surface area contributed by atoms with E-state index >= 15 is 0 Å². The molecule has 0 radical (unpaired) electrons. The highest BCUT2D eigenvalue weighted by atomic mass is 16.3. The molecule has 0 aliphatic heterocycles. The maximum Gasteiger partial charge on any atom is 0.228 e. The summed E-state index contributed by atoms with van der Waals surface area (Å²) in [4.78, 5) is 12.1. The van der Waals surface area contributed by atoms with Gasteiger partial charge in [0, 0.05) is 40.0 Å². The van der Waals surface area contributed by atoms with E-state index in [0.717, 1.165) is 72.5 Å². The summed E-state index contributed by atoms with van der Waals surface area (Å²) in [6.45, 7) is 0. The standard InChI is InChI=1S/C46H29N3O2/c1-2-10-30(11-3-1)34-14-8-15-37(27-34)49(36-24-22-32(23-25-36)35-21-20-31-12-4-5-13-33(31)26-35)44-28-43-39(29-47-44)45-38(16-9-19-42(45)50-43)46-48-40-17-6-7-18-41(40)51-46/h1-29H. The Morgan fingerprint density at radius 1 is 0.451 bits per heavy atom. The van der Waals surface area contributed by atoms with E-state index in [4.69, 9.17) is 18.8 Å². The third-order valence-electron chi connectivity index (χ3n) is 9.54. The summed E-state index contributed by atoms with van der Waals surface area (Å²) in [5.41, 5.74) is 10.5. The zero-order chi connectivity index (χ0) is 33.7. The first-order valence-corrected chi connectivity index (χ1v) is 17.0. The average molecular weight is 656 g/mol. The lowest BCUT2D eigenvalue weighted by Crippen LogP contribution is -2.11. The summed E-state index contributed by atoms with van der Waals surface area (Å²) in [6, 6.07) is 58.6. The molecule has 0 saturated carbocycles. The zero-order valence-electron chi connectivity index (χ0n) is 27.4. The topological polar surface area (TPSA) is 55.3 Å². The van der Waals surface area contributed by atoms with Gasteiger partial charge in [-0.1, -0.05) is 109 Å². The third-order valence-corrected chi connectivity index (χ3v) is 9.54. The van der Waals surface area contributed by atoms with Gasteiger partial charge in [0.1, 0.15) is 22.5 Å². The number of nitrogens with zero attached hydrogens (tertiary/aromatic N) is 3. The number of para-hydroxylation sites is 2. The molecule has 0 unspecified atom stereocenters. The van der Waals surface area contributed by atoms with Crippen molar-refractivity contribution in [3.63, 3.8) is 0 Å². The lowest BCUT2D eigenvalue weighted by molar-refractivity contribution is 0.620. The van der Waals surface area contributed by atoms with Crippen LogP contribution in [0.3, 0.4) is 0 Å². The minimum Gasteiger partial charge on any atom is -0.456 e. The molecule has 0 bridgehead atoms. The molecule has 0 saturated heterocycles. The molecule has 7 aromatic carbocycles. The number of rotatable bonds is 6. The number of anilines is 3. The van der Waals surface area contributed by atoms with E-state index in [1.807, 2.05) is 60.8 Å². The van der Waals surface area contributed by atoms with Gasteiger partial charge in [0.25, 0.3) is 0 Å². The quantitative estimate of drug-likeness (QED) is 0.178. The summed E-state index contributed by atoms with van der Waals surface area (Å²) in [5, 5.41) is 4.28. The molecule has 5 heteroatoms. The summed E-state index contributed by atoms with van der Waals surface area (Å²) < 4.78 is 12.7. The minimum absolute atomic E-state index is 0.555. The van der Waals surface area contributed by atoms with Gasteiger partial charge in [0.15, 0.2) is 5.58 Å². The first kappa shape index (κ1) is 29.0. The van der Waals surface area contributed by atoms with Crippen LogP contribution in [0.2, 0.25) is 0 Å². The first-order valence-electron chi connectivity index (χ1n) is 17.0. The number of furan rings is 1. The summed E-state index contributed by atoms with van der Waals surface area (Å²) in [5.74, 6) is 1.30. The highest BCUT2D eigenvalue weighted by Crippen LogP contribution is 2.41. The van der Waals surface area contributed by atoms with Crippen LogP contribution in [0.25, 0.3) is 77.5 Å². The average Bonchev–Trinajstić information content (AvgIpc) is 3.80. The maximum absolute atomic E-state index is 6.52.